The molecule has 5 heteroatoms. The van der Waals surface area contributed by atoms with E-state index in [1.807, 2.05) is 78.9 Å². The van der Waals surface area contributed by atoms with Gasteiger partial charge in [0.2, 0.25) is 0 Å². The normalized spacial score (nSPS) is 10.2. The van der Waals surface area contributed by atoms with Gasteiger partial charge in [-0.3, -0.25) is 5.32 Å². The Hall–Kier alpha value is -2.79. The minimum atomic E-state index is -0.479. The highest BCUT2D eigenvalue weighted by Gasteiger charge is 2.04. The van der Waals surface area contributed by atoms with Gasteiger partial charge in [0.1, 0.15) is 19.0 Å². The van der Waals surface area contributed by atoms with Crippen LogP contribution in [0.2, 0.25) is 0 Å². The second-order valence-electron chi connectivity index (χ2n) is 5.63. The van der Waals surface area contributed by atoms with E-state index in [4.69, 9.17) is 9.47 Å². The highest BCUT2D eigenvalue weighted by molar-refractivity contribution is 9.10. The number of amides is 1. The van der Waals surface area contributed by atoms with E-state index < -0.39 is 6.09 Å². The molecular formula is C21H18BrNO3. The summed E-state index contributed by atoms with van der Waals surface area (Å²) in [5, 5.41) is 2.71. The zero-order chi connectivity index (χ0) is 18.2. The van der Waals surface area contributed by atoms with E-state index in [-0.39, 0.29) is 6.61 Å². The summed E-state index contributed by atoms with van der Waals surface area (Å²) in [6.45, 7) is 0.701. The first kappa shape index (κ1) is 18.0. The van der Waals surface area contributed by atoms with Crippen molar-refractivity contribution >= 4 is 27.7 Å². The number of hydrogen-bond acceptors (Lipinski definition) is 3. The van der Waals surface area contributed by atoms with Crippen LogP contribution in [0.1, 0.15) is 11.1 Å². The van der Waals surface area contributed by atoms with Crippen molar-refractivity contribution in [1.82, 2.24) is 0 Å². The lowest BCUT2D eigenvalue weighted by atomic mass is 10.2. The van der Waals surface area contributed by atoms with Gasteiger partial charge in [0, 0.05) is 10.2 Å². The van der Waals surface area contributed by atoms with Gasteiger partial charge >= 0.3 is 6.09 Å². The Kier molecular flexibility index (Phi) is 6.28. The molecule has 0 aliphatic heterocycles. The van der Waals surface area contributed by atoms with Gasteiger partial charge in [0.05, 0.1) is 0 Å². The fourth-order valence-electron chi connectivity index (χ4n) is 2.26. The summed E-state index contributed by atoms with van der Waals surface area (Å²) in [6.07, 6.45) is -0.479. The van der Waals surface area contributed by atoms with Crippen molar-refractivity contribution in [3.8, 4) is 5.75 Å². The molecule has 26 heavy (non-hydrogen) atoms. The predicted molar refractivity (Wildman–Crippen MR) is 105 cm³/mol. The number of nitrogens with one attached hydrogen (secondary N) is 1. The maximum Gasteiger partial charge on any atom is 0.411 e. The molecule has 0 bridgehead atoms. The molecule has 1 N–H and O–H groups in total. The standard InChI is InChI=1S/C21H18BrNO3/c22-18-8-12-20(13-9-18)25-14-17-6-10-19(11-7-17)23-21(24)26-15-16-4-2-1-3-5-16/h1-13H,14-15H2,(H,23,24). The lowest BCUT2D eigenvalue weighted by Gasteiger charge is -2.09. The van der Waals surface area contributed by atoms with Gasteiger partial charge in [-0.15, -0.1) is 0 Å². The third kappa shape index (κ3) is 5.63. The number of rotatable bonds is 6. The first-order valence-electron chi connectivity index (χ1n) is 8.14. The van der Waals surface area contributed by atoms with Crippen molar-refractivity contribution in [2.24, 2.45) is 0 Å². The van der Waals surface area contributed by atoms with E-state index in [1.165, 1.54) is 0 Å². The highest BCUT2D eigenvalue weighted by Crippen LogP contribution is 2.18. The van der Waals surface area contributed by atoms with Crippen LogP contribution in [0.4, 0.5) is 10.5 Å². The van der Waals surface area contributed by atoms with Crippen LogP contribution in [0.25, 0.3) is 0 Å². The minimum absolute atomic E-state index is 0.242. The van der Waals surface area contributed by atoms with Gasteiger partial charge in [-0.1, -0.05) is 58.4 Å². The second kappa shape index (κ2) is 9.06. The first-order valence-corrected chi connectivity index (χ1v) is 8.93. The Morgan fingerprint density at radius 2 is 1.46 bits per heavy atom. The number of carbonyl (C=O) groups excluding carboxylic acids is 1. The van der Waals surface area contributed by atoms with Crippen molar-refractivity contribution in [3.05, 3.63) is 94.5 Å². The summed E-state index contributed by atoms with van der Waals surface area (Å²) in [5.74, 6) is 0.805. The fraction of sp³-hybridized carbons (Fsp3) is 0.0952. The molecule has 3 aromatic rings. The van der Waals surface area contributed by atoms with Crippen LogP contribution in [0, 0.1) is 0 Å². The van der Waals surface area contributed by atoms with E-state index in [9.17, 15) is 4.79 Å². The van der Waals surface area contributed by atoms with Crippen LogP contribution in [0.3, 0.4) is 0 Å². The van der Waals surface area contributed by atoms with Crippen molar-refractivity contribution < 1.29 is 14.3 Å². The van der Waals surface area contributed by atoms with E-state index in [0.717, 1.165) is 21.3 Å². The minimum Gasteiger partial charge on any atom is -0.489 e. The number of hydrogen-bond donors (Lipinski definition) is 1. The lowest BCUT2D eigenvalue weighted by molar-refractivity contribution is 0.155. The van der Waals surface area contributed by atoms with Gasteiger partial charge < -0.3 is 9.47 Å². The molecule has 0 aromatic heterocycles. The molecule has 0 saturated carbocycles. The summed E-state index contributed by atoms with van der Waals surface area (Å²) in [6, 6.07) is 24.7. The number of carbonyl (C=O) groups is 1. The van der Waals surface area contributed by atoms with Gasteiger partial charge in [0.15, 0.2) is 0 Å². The summed E-state index contributed by atoms with van der Waals surface area (Å²) < 4.78 is 11.9. The molecule has 0 radical (unpaired) electrons. The Morgan fingerprint density at radius 1 is 0.808 bits per heavy atom. The Bertz CT molecular complexity index is 833. The Labute approximate surface area is 160 Å². The molecular weight excluding hydrogens is 394 g/mol. The van der Waals surface area contributed by atoms with E-state index in [0.29, 0.717) is 12.3 Å². The molecule has 0 aliphatic rings. The number of ether oxygens (including phenoxy) is 2. The molecule has 0 fully saturated rings. The molecule has 3 aromatic carbocycles. The van der Waals surface area contributed by atoms with E-state index >= 15 is 0 Å². The van der Waals surface area contributed by atoms with Crippen molar-refractivity contribution in [2.45, 2.75) is 13.2 Å². The van der Waals surface area contributed by atoms with Gasteiger partial charge in [-0.05, 0) is 47.5 Å². The molecule has 0 aliphatic carbocycles. The molecule has 0 atom stereocenters. The van der Waals surface area contributed by atoms with E-state index in [1.54, 1.807) is 0 Å². The van der Waals surface area contributed by atoms with Gasteiger partial charge in [-0.2, -0.15) is 0 Å². The molecule has 0 heterocycles. The van der Waals surface area contributed by atoms with Crippen LogP contribution in [-0.2, 0) is 18.0 Å². The van der Waals surface area contributed by atoms with Crippen LogP contribution in [0.5, 0.6) is 5.75 Å². The van der Waals surface area contributed by atoms with Crippen LogP contribution in [-0.4, -0.2) is 6.09 Å². The second-order valence-corrected chi connectivity index (χ2v) is 6.54. The molecule has 0 unspecified atom stereocenters. The predicted octanol–water partition coefficient (Wildman–Crippen LogP) is 5.78. The third-order valence-electron chi connectivity index (χ3n) is 3.63. The Morgan fingerprint density at radius 3 is 2.15 bits per heavy atom. The van der Waals surface area contributed by atoms with E-state index in [2.05, 4.69) is 21.2 Å². The number of benzene rings is 3. The monoisotopic (exact) mass is 411 g/mol. The summed E-state index contributed by atoms with van der Waals surface area (Å²) in [4.78, 5) is 11.8. The topological polar surface area (TPSA) is 47.6 Å². The largest absolute Gasteiger partial charge is 0.489 e. The quantitative estimate of drug-likeness (QED) is 0.559. The average Bonchev–Trinajstić information content (AvgIpc) is 2.68. The molecule has 0 saturated heterocycles. The fourth-order valence-corrected chi connectivity index (χ4v) is 2.52. The lowest BCUT2D eigenvalue weighted by Crippen LogP contribution is -2.13. The SMILES string of the molecule is O=C(Nc1ccc(COc2ccc(Br)cc2)cc1)OCc1ccccc1. The average molecular weight is 412 g/mol. The van der Waals surface area contributed by atoms with Crippen molar-refractivity contribution in [3.63, 3.8) is 0 Å². The molecule has 4 nitrogen and oxygen atoms in total. The smallest absolute Gasteiger partial charge is 0.411 e. The third-order valence-corrected chi connectivity index (χ3v) is 4.16. The van der Waals surface area contributed by atoms with Crippen LogP contribution >= 0.6 is 15.9 Å². The molecule has 3 rings (SSSR count). The first-order chi connectivity index (χ1) is 12.7. The zero-order valence-electron chi connectivity index (χ0n) is 14.0. The Balaban J connectivity index is 1.46. The number of halogens is 1. The summed E-state index contributed by atoms with van der Waals surface area (Å²) in [5.41, 5.74) is 2.63. The van der Waals surface area contributed by atoms with Crippen molar-refractivity contribution in [2.75, 3.05) is 5.32 Å². The van der Waals surface area contributed by atoms with Crippen LogP contribution in [0.15, 0.2) is 83.3 Å². The zero-order valence-corrected chi connectivity index (χ0v) is 15.6. The number of anilines is 1. The molecule has 132 valence electrons. The molecule has 1 amide bonds. The summed E-state index contributed by atoms with van der Waals surface area (Å²) in [7, 11) is 0. The van der Waals surface area contributed by atoms with Gasteiger partial charge in [-0.25, -0.2) is 4.79 Å². The maximum atomic E-state index is 11.8. The molecule has 0 spiro atoms. The van der Waals surface area contributed by atoms with Crippen LogP contribution < -0.4 is 10.1 Å². The van der Waals surface area contributed by atoms with Crippen molar-refractivity contribution in [1.29, 1.82) is 0 Å². The van der Waals surface area contributed by atoms with Gasteiger partial charge in [0.25, 0.3) is 0 Å². The summed E-state index contributed by atoms with van der Waals surface area (Å²) >= 11 is 3.39. The maximum absolute atomic E-state index is 11.8. The highest BCUT2D eigenvalue weighted by atomic mass is 79.9.